The summed E-state index contributed by atoms with van der Waals surface area (Å²) in [6.45, 7) is 18.5. The highest BCUT2D eigenvalue weighted by Gasteiger charge is 2.52. The Morgan fingerprint density at radius 3 is 2.03 bits per heavy atom. The van der Waals surface area contributed by atoms with Crippen LogP contribution in [0.2, 0.25) is 0 Å². The second-order valence-corrected chi connectivity index (χ2v) is 11.2. The van der Waals surface area contributed by atoms with E-state index in [0.29, 0.717) is 19.6 Å². The minimum atomic E-state index is -0.503. The fourth-order valence-corrected chi connectivity index (χ4v) is 4.20. The topological polar surface area (TPSA) is 69.7 Å². The van der Waals surface area contributed by atoms with Crippen LogP contribution in [-0.2, 0) is 20.6 Å². The number of rotatable bonds is 5. The molecule has 0 aromatic heterocycles. The van der Waals surface area contributed by atoms with Gasteiger partial charge in [0, 0.05) is 32.2 Å². The van der Waals surface area contributed by atoms with Gasteiger partial charge in [0.05, 0.1) is 31.0 Å². The Hall–Kier alpha value is -1.97. The first-order valence-electron chi connectivity index (χ1n) is 12.0. The molecule has 0 bridgehead atoms. The van der Waals surface area contributed by atoms with Gasteiger partial charge in [-0.1, -0.05) is 0 Å². The number of nitrogens with zero attached hydrogens (tertiary/aromatic N) is 2. The molecule has 0 radical (unpaired) electrons. The largest absolute Gasteiger partial charge is 0.496 e. The van der Waals surface area contributed by atoms with E-state index in [2.05, 4.69) is 11.8 Å². The second kappa shape index (κ2) is 9.59. The molecule has 34 heavy (non-hydrogen) atoms. The fourth-order valence-electron chi connectivity index (χ4n) is 4.20. The molecule has 1 atom stereocenters. The molecule has 0 aliphatic carbocycles. The van der Waals surface area contributed by atoms with Crippen molar-refractivity contribution in [3.8, 4) is 11.5 Å². The summed E-state index contributed by atoms with van der Waals surface area (Å²) in [5, 5.41) is 0. The maximum atomic E-state index is 12.5. The van der Waals surface area contributed by atoms with Crippen molar-refractivity contribution >= 4 is 18.7 Å². The highest BCUT2D eigenvalue weighted by molar-refractivity contribution is 6.62. The summed E-state index contributed by atoms with van der Waals surface area (Å²) in [5.41, 5.74) is 0.457. The molecule has 2 saturated heterocycles. The average molecular weight is 476 g/mol. The van der Waals surface area contributed by atoms with E-state index >= 15 is 0 Å². The van der Waals surface area contributed by atoms with Crippen molar-refractivity contribution in [3.05, 3.63) is 17.7 Å². The Labute approximate surface area is 204 Å². The normalized spacial score (nSPS) is 22.6. The van der Waals surface area contributed by atoms with E-state index in [9.17, 15) is 4.79 Å². The van der Waals surface area contributed by atoms with Crippen molar-refractivity contribution in [2.45, 2.75) is 84.8 Å². The lowest BCUT2D eigenvalue weighted by Gasteiger charge is -2.40. The van der Waals surface area contributed by atoms with Gasteiger partial charge in [-0.05, 0) is 73.0 Å². The third kappa shape index (κ3) is 5.63. The fraction of sp³-hybridized carbons (Fsp3) is 0.720. The highest BCUT2D eigenvalue weighted by Crippen LogP contribution is 2.38. The number of carbonyl (C=O) groups is 1. The molecule has 2 aliphatic rings. The van der Waals surface area contributed by atoms with E-state index in [-0.39, 0.29) is 12.1 Å². The lowest BCUT2D eigenvalue weighted by Crippen LogP contribution is -2.54. The molecule has 2 heterocycles. The predicted octanol–water partition coefficient (Wildman–Crippen LogP) is 3.44. The molecule has 2 fully saturated rings. The van der Waals surface area contributed by atoms with Gasteiger partial charge in [-0.25, -0.2) is 4.79 Å². The minimum absolute atomic E-state index is 0.151. The van der Waals surface area contributed by atoms with Crippen molar-refractivity contribution in [2.75, 3.05) is 33.9 Å². The van der Waals surface area contributed by atoms with Crippen LogP contribution in [0.15, 0.2) is 12.1 Å². The van der Waals surface area contributed by atoms with Crippen molar-refractivity contribution < 1.29 is 28.3 Å². The van der Waals surface area contributed by atoms with Crippen LogP contribution in [0.1, 0.15) is 61.0 Å². The van der Waals surface area contributed by atoms with E-state index in [1.807, 2.05) is 60.6 Å². The first-order chi connectivity index (χ1) is 15.7. The quantitative estimate of drug-likeness (QED) is 0.603. The molecule has 8 nitrogen and oxygen atoms in total. The monoisotopic (exact) mass is 476 g/mol. The van der Waals surface area contributed by atoms with Crippen molar-refractivity contribution in [1.29, 1.82) is 0 Å². The summed E-state index contributed by atoms with van der Waals surface area (Å²) in [4.78, 5) is 16.6. The molecule has 1 aromatic rings. The number of ether oxygens (including phenoxy) is 3. The first-order valence-corrected chi connectivity index (χ1v) is 12.0. The third-order valence-corrected chi connectivity index (χ3v) is 6.93. The molecular weight excluding hydrogens is 435 g/mol. The van der Waals surface area contributed by atoms with E-state index in [1.165, 1.54) is 0 Å². The second-order valence-electron chi connectivity index (χ2n) is 11.2. The van der Waals surface area contributed by atoms with Gasteiger partial charge < -0.3 is 28.4 Å². The number of amides is 1. The molecule has 0 N–H and O–H groups in total. The average Bonchev–Trinajstić information content (AvgIpc) is 2.95. The van der Waals surface area contributed by atoms with Crippen LogP contribution < -0.4 is 14.9 Å². The zero-order chi connectivity index (χ0) is 25.5. The summed E-state index contributed by atoms with van der Waals surface area (Å²) in [5.74, 6) is 1.46. The van der Waals surface area contributed by atoms with Crippen LogP contribution in [0.4, 0.5) is 4.79 Å². The first kappa shape index (κ1) is 26.6. The predicted molar refractivity (Wildman–Crippen MR) is 133 cm³/mol. The van der Waals surface area contributed by atoms with Gasteiger partial charge >= 0.3 is 13.2 Å². The Kier molecular flexibility index (Phi) is 7.51. The molecule has 1 amide bonds. The summed E-state index contributed by atoms with van der Waals surface area (Å²) < 4.78 is 29.6. The van der Waals surface area contributed by atoms with Gasteiger partial charge in [-0.3, -0.25) is 4.90 Å². The Morgan fingerprint density at radius 1 is 1.06 bits per heavy atom. The third-order valence-electron chi connectivity index (χ3n) is 6.93. The summed E-state index contributed by atoms with van der Waals surface area (Å²) in [7, 11) is 2.82. The molecule has 2 aliphatic heterocycles. The van der Waals surface area contributed by atoms with Crippen LogP contribution in [0.5, 0.6) is 11.5 Å². The van der Waals surface area contributed by atoms with Gasteiger partial charge in [0.25, 0.3) is 0 Å². The van der Waals surface area contributed by atoms with Gasteiger partial charge in [0.1, 0.15) is 17.1 Å². The molecule has 0 saturated carbocycles. The standard InChI is InChI=1S/C25H41BN2O6/c1-17-15-28(22(29)32-23(2,3)4)12-11-27(17)16-19-20(30-9)13-18(14-21(19)31-10)26-33-24(5,6)25(7,8)34-26/h13-14,17H,11-12,15-16H2,1-10H3/t17-/m0/s1. The van der Waals surface area contributed by atoms with Crippen LogP contribution in [0.25, 0.3) is 0 Å². The molecule has 190 valence electrons. The summed E-state index contributed by atoms with van der Waals surface area (Å²) >= 11 is 0. The number of piperazine rings is 1. The van der Waals surface area contributed by atoms with Crippen LogP contribution in [-0.4, -0.2) is 79.7 Å². The maximum absolute atomic E-state index is 12.5. The number of hydrogen-bond donors (Lipinski definition) is 0. The summed E-state index contributed by atoms with van der Waals surface area (Å²) in [6, 6.07) is 4.10. The zero-order valence-corrected chi connectivity index (χ0v) is 22.5. The smallest absolute Gasteiger partial charge is 0.495 e. The van der Waals surface area contributed by atoms with Crippen molar-refractivity contribution in [2.24, 2.45) is 0 Å². The highest BCUT2D eigenvalue weighted by atomic mass is 16.7. The molecule has 0 unspecified atom stereocenters. The lowest BCUT2D eigenvalue weighted by atomic mass is 9.78. The maximum Gasteiger partial charge on any atom is 0.495 e. The van der Waals surface area contributed by atoms with Gasteiger partial charge in [-0.15, -0.1) is 0 Å². The molecular formula is C25H41BN2O6. The Bertz CT molecular complexity index is 857. The number of benzene rings is 1. The van der Waals surface area contributed by atoms with Crippen molar-refractivity contribution in [3.63, 3.8) is 0 Å². The van der Waals surface area contributed by atoms with Crippen LogP contribution in [0, 0.1) is 0 Å². The van der Waals surface area contributed by atoms with E-state index in [4.69, 9.17) is 23.5 Å². The molecule has 9 heteroatoms. The lowest BCUT2D eigenvalue weighted by molar-refractivity contribution is 0.00440. The zero-order valence-electron chi connectivity index (χ0n) is 22.5. The van der Waals surface area contributed by atoms with Gasteiger partial charge in [-0.2, -0.15) is 0 Å². The Morgan fingerprint density at radius 2 is 1.59 bits per heavy atom. The minimum Gasteiger partial charge on any atom is -0.496 e. The van der Waals surface area contributed by atoms with Crippen LogP contribution in [0.3, 0.4) is 0 Å². The summed E-state index contributed by atoms with van der Waals surface area (Å²) in [6.07, 6.45) is -0.263. The molecule has 1 aromatic carbocycles. The number of hydrogen-bond acceptors (Lipinski definition) is 7. The molecule has 0 spiro atoms. The van der Waals surface area contributed by atoms with E-state index in [0.717, 1.165) is 29.1 Å². The van der Waals surface area contributed by atoms with E-state index < -0.39 is 23.9 Å². The SMILES string of the molecule is COc1cc(B2OC(C)(C)C(C)(C)O2)cc(OC)c1CN1CCN(C(=O)OC(C)(C)C)C[C@@H]1C. The van der Waals surface area contributed by atoms with Gasteiger partial charge in [0.2, 0.25) is 0 Å². The van der Waals surface area contributed by atoms with Gasteiger partial charge in [0.15, 0.2) is 0 Å². The number of carbonyl (C=O) groups excluding carboxylic acids is 1. The Balaban J connectivity index is 1.77. The van der Waals surface area contributed by atoms with E-state index in [1.54, 1.807) is 19.1 Å². The molecule has 3 rings (SSSR count). The van der Waals surface area contributed by atoms with Crippen molar-refractivity contribution in [1.82, 2.24) is 9.80 Å². The van der Waals surface area contributed by atoms with Crippen LogP contribution >= 0.6 is 0 Å². The number of methoxy groups -OCH3 is 2.